The summed E-state index contributed by atoms with van der Waals surface area (Å²) in [4.78, 5) is 24.5. The Morgan fingerprint density at radius 1 is 0.933 bits per heavy atom. The molecule has 0 aromatic heterocycles. The number of rotatable bonds is 4. The van der Waals surface area contributed by atoms with Crippen molar-refractivity contribution >= 4 is 40.8 Å². The molecule has 4 nitrogen and oxygen atoms in total. The first-order chi connectivity index (χ1) is 14.1. The van der Waals surface area contributed by atoms with Gasteiger partial charge in [0.2, 0.25) is 0 Å². The van der Waals surface area contributed by atoms with Gasteiger partial charge in [-0.25, -0.2) is 4.79 Å². The lowest BCUT2D eigenvalue weighted by molar-refractivity contribution is 0.0698. The van der Waals surface area contributed by atoms with Crippen molar-refractivity contribution in [3.05, 3.63) is 87.4 Å². The highest BCUT2D eigenvalue weighted by Gasteiger charge is 2.19. The smallest absolute Gasteiger partial charge is 0.337 e. The zero-order valence-corrected chi connectivity index (χ0v) is 18.3. The highest BCUT2D eigenvalue weighted by Crippen LogP contribution is 2.34. The van der Waals surface area contributed by atoms with Gasteiger partial charge in [-0.15, -0.1) is 0 Å². The van der Waals surface area contributed by atoms with Crippen LogP contribution in [0, 0.1) is 0 Å². The Hall–Kier alpha value is -2.82. The van der Waals surface area contributed by atoms with E-state index in [0.29, 0.717) is 26.7 Å². The highest BCUT2D eigenvalue weighted by atomic mass is 35.5. The summed E-state index contributed by atoms with van der Waals surface area (Å²) in [6, 6.07) is 17.1. The molecule has 0 bridgehead atoms. The number of carboxylic acid groups (broad SMARTS) is 1. The van der Waals surface area contributed by atoms with Crippen molar-refractivity contribution in [1.29, 1.82) is 0 Å². The molecule has 0 radical (unpaired) electrons. The van der Waals surface area contributed by atoms with Gasteiger partial charge in [-0.2, -0.15) is 0 Å². The summed E-state index contributed by atoms with van der Waals surface area (Å²) in [6.07, 6.45) is 0. The van der Waals surface area contributed by atoms with Crippen LogP contribution in [0.5, 0.6) is 0 Å². The van der Waals surface area contributed by atoms with Gasteiger partial charge >= 0.3 is 5.97 Å². The van der Waals surface area contributed by atoms with Crippen LogP contribution in [0.3, 0.4) is 0 Å². The lowest BCUT2D eigenvalue weighted by Gasteiger charge is -2.19. The fourth-order valence-electron chi connectivity index (χ4n) is 3.05. The van der Waals surface area contributed by atoms with Gasteiger partial charge < -0.3 is 10.4 Å². The van der Waals surface area contributed by atoms with Gasteiger partial charge in [0.25, 0.3) is 5.91 Å². The number of nitrogens with one attached hydrogen (secondary N) is 1. The molecule has 0 aliphatic carbocycles. The van der Waals surface area contributed by atoms with Crippen molar-refractivity contribution in [1.82, 2.24) is 0 Å². The number of hydrogen-bond donors (Lipinski definition) is 2. The molecule has 0 aliphatic heterocycles. The Balaban J connectivity index is 1.95. The minimum Gasteiger partial charge on any atom is -0.478 e. The van der Waals surface area contributed by atoms with Crippen molar-refractivity contribution in [2.45, 2.75) is 26.2 Å². The number of halogens is 2. The van der Waals surface area contributed by atoms with Crippen LogP contribution in [0.2, 0.25) is 10.0 Å². The number of carboxylic acids is 1. The molecule has 2 N–H and O–H groups in total. The number of carbonyl (C=O) groups is 2. The van der Waals surface area contributed by atoms with Gasteiger partial charge in [-0.3, -0.25) is 4.79 Å². The number of hydrogen-bond acceptors (Lipinski definition) is 2. The van der Waals surface area contributed by atoms with Crippen LogP contribution in [0.25, 0.3) is 11.1 Å². The number of carbonyl (C=O) groups excluding carboxylic acids is 1. The summed E-state index contributed by atoms with van der Waals surface area (Å²) in [6.45, 7) is 6.26. The maximum absolute atomic E-state index is 12.7. The molecule has 0 saturated heterocycles. The van der Waals surface area contributed by atoms with Crippen LogP contribution < -0.4 is 5.32 Å². The summed E-state index contributed by atoms with van der Waals surface area (Å²) < 4.78 is 0. The molecular weight excluding hydrogens is 421 g/mol. The first-order valence-corrected chi connectivity index (χ1v) is 10.1. The van der Waals surface area contributed by atoms with Crippen molar-refractivity contribution < 1.29 is 14.7 Å². The minimum atomic E-state index is -1.17. The molecular formula is C24H21Cl2NO3. The van der Waals surface area contributed by atoms with Crippen LogP contribution in [0.15, 0.2) is 60.7 Å². The zero-order valence-electron chi connectivity index (χ0n) is 16.8. The third-order valence-electron chi connectivity index (χ3n) is 4.73. The summed E-state index contributed by atoms with van der Waals surface area (Å²) in [7, 11) is 0. The summed E-state index contributed by atoms with van der Waals surface area (Å²) >= 11 is 12.4. The van der Waals surface area contributed by atoms with E-state index in [-0.39, 0.29) is 16.7 Å². The standard InChI is InChI=1S/C24H21Cl2NO3/c1-24(2,3)16-9-7-14(8-10-16)22(28)27-21-13-20(26)18(12-19(21)23(29)30)15-5-4-6-17(25)11-15/h4-13H,1-3H3,(H,27,28)(H,29,30). The average molecular weight is 442 g/mol. The normalized spacial score (nSPS) is 11.2. The largest absolute Gasteiger partial charge is 0.478 e. The summed E-state index contributed by atoms with van der Waals surface area (Å²) in [5.41, 5.74) is 2.76. The monoisotopic (exact) mass is 441 g/mol. The Kier molecular flexibility index (Phi) is 6.20. The van der Waals surface area contributed by atoms with Crippen LogP contribution in [-0.2, 0) is 5.41 Å². The molecule has 0 spiro atoms. The lowest BCUT2D eigenvalue weighted by atomic mass is 9.86. The topological polar surface area (TPSA) is 66.4 Å². The minimum absolute atomic E-state index is 0.0326. The van der Waals surface area contributed by atoms with Crippen molar-refractivity contribution in [2.75, 3.05) is 5.32 Å². The number of aromatic carboxylic acids is 1. The van der Waals surface area contributed by atoms with Gasteiger partial charge in [0.15, 0.2) is 0 Å². The Morgan fingerprint density at radius 2 is 1.60 bits per heavy atom. The van der Waals surface area contributed by atoms with Gasteiger partial charge in [0.1, 0.15) is 0 Å². The fourth-order valence-corrected chi connectivity index (χ4v) is 3.51. The van der Waals surface area contributed by atoms with E-state index in [1.807, 2.05) is 12.1 Å². The molecule has 0 atom stereocenters. The molecule has 0 heterocycles. The van der Waals surface area contributed by atoms with Crippen molar-refractivity contribution in [3.63, 3.8) is 0 Å². The maximum Gasteiger partial charge on any atom is 0.337 e. The van der Waals surface area contributed by atoms with E-state index in [9.17, 15) is 14.7 Å². The van der Waals surface area contributed by atoms with E-state index < -0.39 is 11.9 Å². The van der Waals surface area contributed by atoms with Gasteiger partial charge in [-0.1, -0.05) is 68.2 Å². The molecule has 1 amide bonds. The molecule has 3 aromatic rings. The van der Waals surface area contributed by atoms with E-state index in [0.717, 1.165) is 5.56 Å². The van der Waals surface area contributed by atoms with Crippen molar-refractivity contribution in [2.24, 2.45) is 0 Å². The lowest BCUT2D eigenvalue weighted by Crippen LogP contribution is -2.16. The molecule has 154 valence electrons. The van der Waals surface area contributed by atoms with Gasteiger partial charge in [0.05, 0.1) is 16.3 Å². The maximum atomic E-state index is 12.7. The third kappa shape index (κ3) is 4.84. The second-order valence-electron chi connectivity index (χ2n) is 7.97. The summed E-state index contributed by atoms with van der Waals surface area (Å²) in [5.74, 6) is -1.59. The van der Waals surface area contributed by atoms with Gasteiger partial charge in [0, 0.05) is 16.1 Å². The van der Waals surface area contributed by atoms with Gasteiger partial charge in [-0.05, 0) is 52.9 Å². The molecule has 30 heavy (non-hydrogen) atoms. The van der Waals surface area contributed by atoms with E-state index >= 15 is 0 Å². The van der Waals surface area contributed by atoms with Crippen molar-refractivity contribution in [3.8, 4) is 11.1 Å². The predicted molar refractivity (Wildman–Crippen MR) is 122 cm³/mol. The Labute approximate surface area is 185 Å². The van der Waals surface area contributed by atoms with E-state index in [1.165, 1.54) is 12.1 Å². The van der Waals surface area contributed by atoms with Crippen LogP contribution >= 0.6 is 23.2 Å². The molecule has 0 saturated carbocycles. The third-order valence-corrected chi connectivity index (χ3v) is 5.28. The van der Waals surface area contributed by atoms with E-state index in [1.54, 1.807) is 36.4 Å². The van der Waals surface area contributed by atoms with Crippen LogP contribution in [-0.4, -0.2) is 17.0 Å². The Morgan fingerprint density at radius 3 is 2.17 bits per heavy atom. The molecule has 3 rings (SSSR count). The molecule has 0 unspecified atom stereocenters. The molecule has 0 fully saturated rings. The first-order valence-electron chi connectivity index (χ1n) is 9.31. The first kappa shape index (κ1) is 21.9. The van der Waals surface area contributed by atoms with E-state index in [4.69, 9.17) is 23.2 Å². The second-order valence-corrected chi connectivity index (χ2v) is 8.82. The molecule has 3 aromatic carbocycles. The quantitative estimate of drug-likeness (QED) is 0.462. The van der Waals surface area contributed by atoms with E-state index in [2.05, 4.69) is 26.1 Å². The summed E-state index contributed by atoms with van der Waals surface area (Å²) in [5, 5.41) is 13.2. The van der Waals surface area contributed by atoms with Crippen LogP contribution in [0.1, 0.15) is 47.1 Å². The predicted octanol–water partition coefficient (Wildman–Crippen LogP) is 6.91. The number of amides is 1. The number of benzene rings is 3. The van der Waals surface area contributed by atoms with Crippen LogP contribution in [0.4, 0.5) is 5.69 Å². The fraction of sp³-hybridized carbons (Fsp3) is 0.167. The zero-order chi connectivity index (χ0) is 22.1. The average Bonchev–Trinajstić information content (AvgIpc) is 2.67. The SMILES string of the molecule is CC(C)(C)c1ccc(C(=O)Nc2cc(Cl)c(-c3cccc(Cl)c3)cc2C(=O)O)cc1. The highest BCUT2D eigenvalue weighted by molar-refractivity contribution is 6.34. The molecule has 0 aliphatic rings. The molecule has 6 heteroatoms. The second kappa shape index (κ2) is 8.50. The Bertz CT molecular complexity index is 1120. The number of anilines is 1.